The minimum Gasteiger partial charge on any atom is -0.336 e. The van der Waals surface area contributed by atoms with Gasteiger partial charge in [0.15, 0.2) is 4.47 Å². The number of carbonyl (C=O) groups excluding carboxylic acids is 1. The Kier molecular flexibility index (Phi) is 4.49. The third-order valence-electron chi connectivity index (χ3n) is 4.22. The van der Waals surface area contributed by atoms with Crippen molar-refractivity contribution in [3.8, 4) is 5.69 Å². The topological polar surface area (TPSA) is 38.1 Å². The summed E-state index contributed by atoms with van der Waals surface area (Å²) in [5.74, 6) is -0.0303. The minimum atomic E-state index is -0.0303. The number of fused-ring (bicyclic) bond motifs is 1. The first-order chi connectivity index (χ1) is 12.6. The number of rotatable bonds is 4. The van der Waals surface area contributed by atoms with Crippen LogP contribution in [0.2, 0.25) is 4.47 Å². The molecule has 1 amide bonds. The van der Waals surface area contributed by atoms with Crippen molar-refractivity contribution in [3.63, 3.8) is 0 Å². The quantitative estimate of drug-likeness (QED) is 0.498. The number of halogens is 1. The van der Waals surface area contributed by atoms with Gasteiger partial charge in [0, 0.05) is 30.2 Å². The molecule has 4 nitrogen and oxygen atoms in total. The van der Waals surface area contributed by atoms with Gasteiger partial charge in [-0.15, -0.1) is 11.3 Å². The van der Waals surface area contributed by atoms with E-state index < -0.39 is 0 Å². The first-order valence-corrected chi connectivity index (χ1v) is 9.34. The van der Waals surface area contributed by atoms with E-state index >= 15 is 0 Å². The van der Waals surface area contributed by atoms with Crippen molar-refractivity contribution in [2.45, 2.75) is 6.54 Å². The molecule has 0 bridgehead atoms. The van der Waals surface area contributed by atoms with Crippen LogP contribution in [-0.4, -0.2) is 27.4 Å². The van der Waals surface area contributed by atoms with Gasteiger partial charge in [-0.05, 0) is 42.5 Å². The fraction of sp³-hybridized carbons (Fsp3) is 0.100. The van der Waals surface area contributed by atoms with Crippen LogP contribution in [0.1, 0.15) is 16.1 Å². The van der Waals surface area contributed by atoms with Gasteiger partial charge >= 0.3 is 0 Å². The van der Waals surface area contributed by atoms with E-state index in [9.17, 15) is 4.79 Å². The van der Waals surface area contributed by atoms with Gasteiger partial charge in [-0.1, -0.05) is 29.8 Å². The summed E-state index contributed by atoms with van der Waals surface area (Å²) in [4.78, 5) is 18.8. The second kappa shape index (κ2) is 6.94. The Morgan fingerprint density at radius 1 is 1.15 bits per heavy atom. The molecule has 0 fully saturated rings. The molecule has 0 aliphatic carbocycles. The van der Waals surface area contributed by atoms with Gasteiger partial charge in [-0.25, -0.2) is 4.98 Å². The molecule has 0 aliphatic heterocycles. The normalized spacial score (nSPS) is 11.0. The van der Waals surface area contributed by atoms with Crippen LogP contribution in [0, 0.1) is 0 Å². The third-order valence-corrected chi connectivity index (χ3v) is 5.35. The number of aromatic nitrogens is 2. The van der Waals surface area contributed by atoms with Crippen molar-refractivity contribution in [3.05, 3.63) is 82.6 Å². The van der Waals surface area contributed by atoms with Crippen molar-refractivity contribution in [2.75, 3.05) is 7.05 Å². The summed E-state index contributed by atoms with van der Waals surface area (Å²) in [5.41, 5.74) is 3.58. The van der Waals surface area contributed by atoms with Crippen molar-refractivity contribution >= 4 is 39.1 Å². The first kappa shape index (κ1) is 16.8. The zero-order valence-corrected chi connectivity index (χ0v) is 15.7. The highest BCUT2D eigenvalue weighted by Gasteiger charge is 2.15. The second-order valence-electron chi connectivity index (χ2n) is 6.02. The fourth-order valence-corrected chi connectivity index (χ4v) is 4.02. The zero-order valence-electron chi connectivity index (χ0n) is 14.1. The molecule has 0 N–H and O–H groups in total. The highest BCUT2D eigenvalue weighted by molar-refractivity contribution is 7.22. The molecule has 4 rings (SSSR count). The number of hydrogen-bond acceptors (Lipinski definition) is 3. The van der Waals surface area contributed by atoms with Gasteiger partial charge in [0.2, 0.25) is 0 Å². The largest absolute Gasteiger partial charge is 0.336 e. The van der Waals surface area contributed by atoms with Crippen LogP contribution in [-0.2, 0) is 6.54 Å². The monoisotopic (exact) mass is 381 g/mol. The van der Waals surface area contributed by atoms with E-state index in [0.717, 1.165) is 21.6 Å². The molecule has 0 saturated carbocycles. The fourth-order valence-electron chi connectivity index (χ4n) is 2.95. The highest BCUT2D eigenvalue weighted by atomic mass is 35.5. The van der Waals surface area contributed by atoms with Crippen LogP contribution in [0.15, 0.2) is 66.9 Å². The van der Waals surface area contributed by atoms with Crippen molar-refractivity contribution < 1.29 is 4.79 Å². The van der Waals surface area contributed by atoms with Gasteiger partial charge in [-0.3, -0.25) is 4.79 Å². The van der Waals surface area contributed by atoms with Gasteiger partial charge in [0.05, 0.1) is 16.8 Å². The van der Waals surface area contributed by atoms with Gasteiger partial charge < -0.3 is 9.47 Å². The molecule has 0 spiro atoms. The van der Waals surface area contributed by atoms with E-state index in [-0.39, 0.29) is 5.91 Å². The summed E-state index contributed by atoms with van der Waals surface area (Å²) in [7, 11) is 1.81. The van der Waals surface area contributed by atoms with Crippen LogP contribution < -0.4 is 0 Å². The van der Waals surface area contributed by atoms with E-state index in [1.807, 2.05) is 67.8 Å². The third kappa shape index (κ3) is 3.23. The van der Waals surface area contributed by atoms with Crippen LogP contribution in [0.25, 0.3) is 15.9 Å². The molecule has 4 aromatic rings. The van der Waals surface area contributed by atoms with E-state index in [4.69, 9.17) is 11.6 Å². The predicted molar refractivity (Wildman–Crippen MR) is 106 cm³/mol. The molecule has 130 valence electrons. The molecule has 2 aromatic heterocycles. The maximum Gasteiger partial charge on any atom is 0.253 e. The lowest BCUT2D eigenvalue weighted by Crippen LogP contribution is -2.27. The predicted octanol–water partition coefficient (Wildman–Crippen LogP) is 5.01. The second-order valence-corrected chi connectivity index (χ2v) is 7.63. The summed E-state index contributed by atoms with van der Waals surface area (Å²) in [6.07, 6.45) is 2.01. The highest BCUT2D eigenvalue weighted by Crippen LogP contribution is 2.27. The lowest BCUT2D eigenvalue weighted by Gasteiger charge is -2.19. The van der Waals surface area contributed by atoms with Gasteiger partial charge in [-0.2, -0.15) is 0 Å². The van der Waals surface area contributed by atoms with Crippen molar-refractivity contribution in [1.29, 1.82) is 0 Å². The molecule has 0 saturated heterocycles. The lowest BCUT2D eigenvalue weighted by molar-refractivity contribution is 0.0783. The maximum atomic E-state index is 12.8. The Labute approximate surface area is 160 Å². The average Bonchev–Trinajstić information content (AvgIpc) is 3.26. The van der Waals surface area contributed by atoms with E-state index in [0.29, 0.717) is 16.6 Å². The number of benzene rings is 2. The Balaban J connectivity index is 1.57. The SMILES string of the molecule is CN(Cc1cccn1-c1ccccc1)C(=O)c1ccc2nc(Cl)sc2c1. The molecule has 0 unspecified atom stereocenters. The molecule has 0 atom stereocenters. The molecular weight excluding hydrogens is 366 g/mol. The number of thiazole rings is 1. The molecule has 2 heterocycles. The number of carbonyl (C=O) groups is 1. The van der Waals surface area contributed by atoms with E-state index in [1.165, 1.54) is 11.3 Å². The Morgan fingerprint density at radius 3 is 2.77 bits per heavy atom. The van der Waals surface area contributed by atoms with E-state index in [2.05, 4.69) is 9.55 Å². The van der Waals surface area contributed by atoms with Gasteiger partial charge in [0.1, 0.15) is 0 Å². The Bertz CT molecular complexity index is 1070. The first-order valence-electron chi connectivity index (χ1n) is 8.15. The summed E-state index contributed by atoms with van der Waals surface area (Å²) in [5, 5.41) is 0. The lowest BCUT2D eigenvalue weighted by atomic mass is 10.2. The molecular formula is C20H16ClN3OS. The summed E-state index contributed by atoms with van der Waals surface area (Å²) in [6.45, 7) is 0.516. The maximum absolute atomic E-state index is 12.8. The van der Waals surface area contributed by atoms with Crippen LogP contribution in [0.4, 0.5) is 0 Å². The molecule has 6 heteroatoms. The van der Waals surface area contributed by atoms with Crippen LogP contribution in [0.3, 0.4) is 0 Å². The minimum absolute atomic E-state index is 0.0303. The van der Waals surface area contributed by atoms with Crippen LogP contribution in [0.5, 0.6) is 0 Å². The summed E-state index contributed by atoms with van der Waals surface area (Å²) < 4.78 is 3.50. The Hall–Kier alpha value is -2.63. The molecule has 2 aromatic carbocycles. The Morgan fingerprint density at radius 2 is 1.96 bits per heavy atom. The zero-order chi connectivity index (χ0) is 18.1. The molecule has 0 radical (unpaired) electrons. The molecule has 0 aliphatic rings. The van der Waals surface area contributed by atoms with E-state index in [1.54, 1.807) is 11.0 Å². The number of amides is 1. The number of nitrogens with zero attached hydrogens (tertiary/aromatic N) is 3. The van der Waals surface area contributed by atoms with Gasteiger partial charge in [0.25, 0.3) is 5.91 Å². The number of para-hydroxylation sites is 1. The molecule has 26 heavy (non-hydrogen) atoms. The summed E-state index contributed by atoms with van der Waals surface area (Å²) >= 11 is 7.34. The average molecular weight is 382 g/mol. The smallest absolute Gasteiger partial charge is 0.253 e. The summed E-state index contributed by atoms with van der Waals surface area (Å²) in [6, 6.07) is 19.6. The van der Waals surface area contributed by atoms with Crippen molar-refractivity contribution in [2.24, 2.45) is 0 Å². The van der Waals surface area contributed by atoms with Crippen LogP contribution >= 0.6 is 22.9 Å². The number of hydrogen-bond donors (Lipinski definition) is 0. The van der Waals surface area contributed by atoms with Crippen molar-refractivity contribution in [1.82, 2.24) is 14.5 Å². The standard InChI is InChI=1S/C20H16ClN3OS/c1-23(13-16-8-5-11-24(16)15-6-3-2-4-7-15)19(25)14-9-10-17-18(12-14)26-20(21)22-17/h2-12H,13H2,1H3.